The molecule has 2 rings (SSSR count). The summed E-state index contributed by atoms with van der Waals surface area (Å²) in [6, 6.07) is 7.76. The van der Waals surface area contributed by atoms with Crippen LogP contribution in [0.4, 0.5) is 0 Å². The summed E-state index contributed by atoms with van der Waals surface area (Å²) in [6.07, 6.45) is 2.47. The average molecular weight is 260 g/mol. The Morgan fingerprint density at radius 1 is 1.37 bits per heavy atom. The number of nitrogens with zero attached hydrogens (tertiary/aromatic N) is 1. The van der Waals surface area contributed by atoms with Gasteiger partial charge in [0.05, 0.1) is 0 Å². The highest BCUT2D eigenvalue weighted by atomic mass is 16.3. The molecule has 0 fully saturated rings. The molecule has 0 spiro atoms. The second-order valence-electron chi connectivity index (χ2n) is 4.95. The summed E-state index contributed by atoms with van der Waals surface area (Å²) in [5, 5.41) is 9.96. The van der Waals surface area contributed by atoms with Crippen LogP contribution in [0.1, 0.15) is 30.6 Å². The molecule has 0 saturated heterocycles. The number of nitrogens with one attached hydrogen (secondary N) is 1. The number of carbonyl (C=O) groups excluding carboxylic acids is 1. The summed E-state index contributed by atoms with van der Waals surface area (Å²) in [6.45, 7) is 4.67. The van der Waals surface area contributed by atoms with E-state index in [-0.39, 0.29) is 18.6 Å². The minimum Gasteiger partial charge on any atom is -0.396 e. The molecule has 1 heterocycles. The van der Waals surface area contributed by atoms with E-state index in [1.807, 2.05) is 44.3 Å². The molecule has 1 amide bonds. The quantitative estimate of drug-likeness (QED) is 0.867. The van der Waals surface area contributed by atoms with Crippen molar-refractivity contribution in [1.29, 1.82) is 0 Å². The van der Waals surface area contributed by atoms with Crippen LogP contribution in [0.2, 0.25) is 0 Å². The van der Waals surface area contributed by atoms with Crippen LogP contribution in [0.5, 0.6) is 0 Å². The standard InChI is InChI=1S/C15H20N2O2/c1-11(2)17(8-3-9-18)15(19)13-4-5-14-12(10-13)6-7-16-14/h4-7,10-11,16,18H,3,8-9H2,1-2H3. The van der Waals surface area contributed by atoms with E-state index >= 15 is 0 Å². The first-order chi connectivity index (χ1) is 9.13. The van der Waals surface area contributed by atoms with E-state index < -0.39 is 0 Å². The Morgan fingerprint density at radius 2 is 2.16 bits per heavy atom. The summed E-state index contributed by atoms with van der Waals surface area (Å²) in [7, 11) is 0. The third-order valence-corrected chi connectivity index (χ3v) is 3.24. The maximum absolute atomic E-state index is 12.5. The molecule has 4 nitrogen and oxygen atoms in total. The minimum absolute atomic E-state index is 0.0200. The number of aromatic amines is 1. The molecule has 2 N–H and O–H groups in total. The zero-order valence-corrected chi connectivity index (χ0v) is 11.4. The number of aromatic nitrogens is 1. The van der Waals surface area contributed by atoms with Crippen molar-refractivity contribution in [3.63, 3.8) is 0 Å². The first kappa shape index (κ1) is 13.6. The lowest BCUT2D eigenvalue weighted by Crippen LogP contribution is -2.38. The Hall–Kier alpha value is -1.81. The molecule has 19 heavy (non-hydrogen) atoms. The number of aliphatic hydroxyl groups excluding tert-OH is 1. The number of fused-ring (bicyclic) bond motifs is 1. The fraction of sp³-hybridized carbons (Fsp3) is 0.400. The lowest BCUT2D eigenvalue weighted by molar-refractivity contribution is 0.0693. The highest BCUT2D eigenvalue weighted by Crippen LogP contribution is 2.17. The second-order valence-corrected chi connectivity index (χ2v) is 4.95. The molecular formula is C15H20N2O2. The molecule has 0 radical (unpaired) electrons. The van der Waals surface area contributed by atoms with Crippen molar-refractivity contribution in [2.24, 2.45) is 0 Å². The van der Waals surface area contributed by atoms with E-state index in [0.717, 1.165) is 10.9 Å². The van der Waals surface area contributed by atoms with Crippen LogP contribution in [0.3, 0.4) is 0 Å². The zero-order valence-electron chi connectivity index (χ0n) is 11.4. The number of hydrogen-bond donors (Lipinski definition) is 2. The van der Waals surface area contributed by atoms with Gasteiger partial charge in [-0.25, -0.2) is 0 Å². The fourth-order valence-corrected chi connectivity index (χ4v) is 2.19. The van der Waals surface area contributed by atoms with Gasteiger partial charge in [-0.2, -0.15) is 0 Å². The number of rotatable bonds is 5. The van der Waals surface area contributed by atoms with E-state index in [2.05, 4.69) is 4.98 Å². The molecular weight excluding hydrogens is 240 g/mol. The molecule has 2 aromatic rings. The minimum atomic E-state index is 0.0200. The first-order valence-electron chi connectivity index (χ1n) is 6.62. The third-order valence-electron chi connectivity index (χ3n) is 3.24. The van der Waals surface area contributed by atoms with Crippen molar-refractivity contribution in [3.8, 4) is 0 Å². The monoisotopic (exact) mass is 260 g/mol. The van der Waals surface area contributed by atoms with Gasteiger partial charge < -0.3 is 15.0 Å². The van der Waals surface area contributed by atoms with Crippen molar-refractivity contribution >= 4 is 16.8 Å². The molecule has 1 aromatic heterocycles. The molecule has 0 aliphatic rings. The van der Waals surface area contributed by atoms with Gasteiger partial charge in [0.15, 0.2) is 0 Å². The maximum atomic E-state index is 12.5. The second kappa shape index (κ2) is 5.89. The molecule has 0 aliphatic carbocycles. The SMILES string of the molecule is CC(C)N(CCCO)C(=O)c1ccc2[nH]ccc2c1. The Balaban J connectivity index is 2.24. The Morgan fingerprint density at radius 3 is 2.84 bits per heavy atom. The van der Waals surface area contributed by atoms with Crippen molar-refractivity contribution in [2.45, 2.75) is 26.3 Å². The van der Waals surface area contributed by atoms with Crippen LogP contribution in [0.25, 0.3) is 10.9 Å². The fourth-order valence-electron chi connectivity index (χ4n) is 2.19. The third kappa shape index (κ3) is 2.96. The van der Waals surface area contributed by atoms with Gasteiger partial charge in [0.2, 0.25) is 0 Å². The van der Waals surface area contributed by atoms with E-state index in [4.69, 9.17) is 5.11 Å². The lowest BCUT2D eigenvalue weighted by atomic mass is 10.1. The van der Waals surface area contributed by atoms with E-state index in [9.17, 15) is 4.79 Å². The first-order valence-corrected chi connectivity index (χ1v) is 6.62. The summed E-state index contributed by atoms with van der Waals surface area (Å²) >= 11 is 0. The van der Waals surface area contributed by atoms with Crippen LogP contribution in [-0.4, -0.2) is 40.1 Å². The van der Waals surface area contributed by atoms with Gasteiger partial charge in [-0.05, 0) is 44.5 Å². The smallest absolute Gasteiger partial charge is 0.254 e. The normalized spacial score (nSPS) is 11.2. The number of carbonyl (C=O) groups is 1. The molecule has 1 aromatic carbocycles. The average Bonchev–Trinajstić information content (AvgIpc) is 2.85. The topological polar surface area (TPSA) is 56.3 Å². The predicted octanol–water partition coefficient (Wildman–Crippen LogP) is 2.40. The van der Waals surface area contributed by atoms with Crippen molar-refractivity contribution in [1.82, 2.24) is 9.88 Å². The molecule has 0 aliphatic heterocycles. The van der Waals surface area contributed by atoms with Crippen molar-refractivity contribution in [3.05, 3.63) is 36.0 Å². The molecule has 4 heteroatoms. The van der Waals surface area contributed by atoms with Crippen LogP contribution < -0.4 is 0 Å². The van der Waals surface area contributed by atoms with Gasteiger partial charge in [0.1, 0.15) is 0 Å². The van der Waals surface area contributed by atoms with E-state index in [1.165, 1.54) is 0 Å². The van der Waals surface area contributed by atoms with Crippen molar-refractivity contribution in [2.75, 3.05) is 13.2 Å². The summed E-state index contributed by atoms with van der Waals surface area (Å²) in [4.78, 5) is 17.4. The van der Waals surface area contributed by atoms with Crippen LogP contribution in [0, 0.1) is 0 Å². The number of hydrogen-bond acceptors (Lipinski definition) is 2. The van der Waals surface area contributed by atoms with Gasteiger partial charge in [0, 0.05) is 41.9 Å². The van der Waals surface area contributed by atoms with Crippen LogP contribution in [0.15, 0.2) is 30.5 Å². The molecule has 0 saturated carbocycles. The Kier molecular flexibility index (Phi) is 4.22. The van der Waals surface area contributed by atoms with Gasteiger partial charge >= 0.3 is 0 Å². The van der Waals surface area contributed by atoms with Gasteiger partial charge in [-0.15, -0.1) is 0 Å². The molecule has 0 bridgehead atoms. The summed E-state index contributed by atoms with van der Waals surface area (Å²) in [5.41, 5.74) is 1.72. The summed E-state index contributed by atoms with van der Waals surface area (Å²) in [5.74, 6) is 0.0200. The number of H-pyrrole nitrogens is 1. The highest BCUT2D eigenvalue weighted by molar-refractivity contribution is 5.98. The molecule has 0 atom stereocenters. The number of benzene rings is 1. The van der Waals surface area contributed by atoms with Gasteiger partial charge in [-0.3, -0.25) is 4.79 Å². The zero-order chi connectivity index (χ0) is 13.8. The molecule has 0 unspecified atom stereocenters. The van der Waals surface area contributed by atoms with E-state index in [1.54, 1.807) is 4.90 Å². The van der Waals surface area contributed by atoms with Crippen LogP contribution >= 0.6 is 0 Å². The molecule has 102 valence electrons. The largest absolute Gasteiger partial charge is 0.396 e. The van der Waals surface area contributed by atoms with Gasteiger partial charge in [-0.1, -0.05) is 0 Å². The lowest BCUT2D eigenvalue weighted by Gasteiger charge is -2.26. The Bertz CT molecular complexity index is 560. The van der Waals surface area contributed by atoms with E-state index in [0.29, 0.717) is 18.5 Å². The predicted molar refractivity (Wildman–Crippen MR) is 76.2 cm³/mol. The maximum Gasteiger partial charge on any atom is 0.254 e. The number of aliphatic hydroxyl groups is 1. The van der Waals surface area contributed by atoms with Crippen molar-refractivity contribution < 1.29 is 9.90 Å². The Labute approximate surface area is 113 Å². The number of amides is 1. The highest BCUT2D eigenvalue weighted by Gasteiger charge is 2.18. The van der Waals surface area contributed by atoms with Gasteiger partial charge in [0.25, 0.3) is 5.91 Å². The van der Waals surface area contributed by atoms with Crippen LogP contribution in [-0.2, 0) is 0 Å². The summed E-state index contributed by atoms with van der Waals surface area (Å²) < 4.78 is 0.